The molecule has 0 heterocycles. The third-order valence-corrected chi connectivity index (χ3v) is 3.84. The number of aromatic hydroxyl groups is 1. The van der Waals surface area contributed by atoms with Crippen LogP contribution in [0.25, 0.3) is 0 Å². The Bertz CT molecular complexity index is 356. The number of aryl methyl sites for hydroxylation is 1. The number of phenolic OH excluding ortho intramolecular Hbond substituents is 1. The molecule has 0 unspecified atom stereocenters. The summed E-state index contributed by atoms with van der Waals surface area (Å²) < 4.78 is 0. The third kappa shape index (κ3) is 3.47. The van der Waals surface area contributed by atoms with Gasteiger partial charge in [0.1, 0.15) is 5.75 Å². The summed E-state index contributed by atoms with van der Waals surface area (Å²) in [7, 11) is 0. The number of hydrogen-bond donors (Lipinski definition) is 2. The molecule has 0 bridgehead atoms. The van der Waals surface area contributed by atoms with Crippen molar-refractivity contribution in [1.82, 2.24) is 5.32 Å². The predicted molar refractivity (Wildman–Crippen MR) is 71.1 cm³/mol. The molecule has 1 aliphatic carbocycles. The second kappa shape index (κ2) is 6.06. The normalized spacial score (nSPS) is 16.5. The molecule has 94 valence electrons. The molecule has 2 heteroatoms. The summed E-state index contributed by atoms with van der Waals surface area (Å²) in [5.41, 5.74) is 1.97. The molecule has 2 N–H and O–H groups in total. The van der Waals surface area contributed by atoms with E-state index in [1.54, 1.807) is 0 Å². The lowest BCUT2D eigenvalue weighted by molar-refractivity contribution is 0.452. The molecule has 17 heavy (non-hydrogen) atoms. The number of nitrogens with one attached hydrogen (secondary N) is 1. The maximum absolute atomic E-state index is 9.87. The second-order valence-electron chi connectivity index (χ2n) is 5.20. The standard InChI is InChI=1S/C15H23NO/c1-12-5-4-8-14(15(12)17)11-16-10-9-13-6-2-3-7-13/h4-5,8,13,16-17H,2-3,6-7,9-11H2,1H3. The van der Waals surface area contributed by atoms with Crippen molar-refractivity contribution < 1.29 is 5.11 Å². The molecule has 0 atom stereocenters. The number of phenols is 1. The Morgan fingerprint density at radius 1 is 1.29 bits per heavy atom. The van der Waals surface area contributed by atoms with Gasteiger partial charge in [0.25, 0.3) is 0 Å². The zero-order valence-corrected chi connectivity index (χ0v) is 10.7. The molecule has 0 amide bonds. The van der Waals surface area contributed by atoms with Crippen molar-refractivity contribution in [2.75, 3.05) is 6.54 Å². The number of hydrogen-bond acceptors (Lipinski definition) is 2. The maximum atomic E-state index is 9.87. The van der Waals surface area contributed by atoms with Crippen LogP contribution >= 0.6 is 0 Å². The highest BCUT2D eigenvalue weighted by Gasteiger charge is 2.14. The summed E-state index contributed by atoms with van der Waals surface area (Å²) in [6.07, 6.45) is 6.95. The van der Waals surface area contributed by atoms with E-state index in [-0.39, 0.29) is 0 Å². The van der Waals surface area contributed by atoms with Crippen molar-refractivity contribution in [1.29, 1.82) is 0 Å². The van der Waals surface area contributed by atoms with Crippen molar-refractivity contribution in [3.05, 3.63) is 29.3 Å². The van der Waals surface area contributed by atoms with E-state index in [4.69, 9.17) is 0 Å². The van der Waals surface area contributed by atoms with Crippen LogP contribution in [0.4, 0.5) is 0 Å². The van der Waals surface area contributed by atoms with Crippen LogP contribution in [0.5, 0.6) is 5.75 Å². The van der Waals surface area contributed by atoms with E-state index in [0.29, 0.717) is 5.75 Å². The van der Waals surface area contributed by atoms with Gasteiger partial charge < -0.3 is 10.4 Å². The van der Waals surface area contributed by atoms with Gasteiger partial charge in [0, 0.05) is 12.1 Å². The van der Waals surface area contributed by atoms with Gasteiger partial charge in [0.05, 0.1) is 0 Å². The fraction of sp³-hybridized carbons (Fsp3) is 0.600. The first kappa shape index (κ1) is 12.4. The van der Waals surface area contributed by atoms with Gasteiger partial charge in [-0.25, -0.2) is 0 Å². The van der Waals surface area contributed by atoms with E-state index >= 15 is 0 Å². The average molecular weight is 233 g/mol. The van der Waals surface area contributed by atoms with Crippen molar-refractivity contribution in [2.45, 2.75) is 45.6 Å². The molecule has 1 fully saturated rings. The van der Waals surface area contributed by atoms with Crippen LogP contribution in [0, 0.1) is 12.8 Å². The molecule has 0 radical (unpaired) electrons. The summed E-state index contributed by atoms with van der Waals surface area (Å²) in [5.74, 6) is 1.38. The highest BCUT2D eigenvalue weighted by atomic mass is 16.3. The highest BCUT2D eigenvalue weighted by molar-refractivity contribution is 5.39. The van der Waals surface area contributed by atoms with Crippen LogP contribution in [-0.2, 0) is 6.54 Å². The molecule has 1 aromatic carbocycles. The van der Waals surface area contributed by atoms with Crippen LogP contribution in [0.2, 0.25) is 0 Å². The van der Waals surface area contributed by atoms with E-state index in [0.717, 1.165) is 30.1 Å². The first-order chi connectivity index (χ1) is 8.27. The molecule has 1 saturated carbocycles. The van der Waals surface area contributed by atoms with Gasteiger partial charge in [0.2, 0.25) is 0 Å². The average Bonchev–Trinajstić information content (AvgIpc) is 2.83. The minimum Gasteiger partial charge on any atom is -0.507 e. The van der Waals surface area contributed by atoms with Crippen LogP contribution in [-0.4, -0.2) is 11.7 Å². The van der Waals surface area contributed by atoms with Crippen molar-refractivity contribution in [3.8, 4) is 5.75 Å². The SMILES string of the molecule is Cc1cccc(CNCCC2CCCC2)c1O. The summed E-state index contributed by atoms with van der Waals surface area (Å²) in [4.78, 5) is 0. The number of rotatable bonds is 5. The predicted octanol–water partition coefficient (Wildman–Crippen LogP) is 3.37. The fourth-order valence-corrected chi connectivity index (χ4v) is 2.69. The summed E-state index contributed by atoms with van der Waals surface area (Å²) in [5, 5.41) is 13.3. The molecule has 0 aromatic heterocycles. The lowest BCUT2D eigenvalue weighted by Crippen LogP contribution is -2.17. The van der Waals surface area contributed by atoms with E-state index in [1.807, 2.05) is 25.1 Å². The van der Waals surface area contributed by atoms with E-state index in [2.05, 4.69) is 5.32 Å². The molecular formula is C15H23NO. The molecule has 2 nitrogen and oxygen atoms in total. The molecule has 0 aliphatic heterocycles. The van der Waals surface area contributed by atoms with Crippen LogP contribution < -0.4 is 5.32 Å². The monoisotopic (exact) mass is 233 g/mol. The van der Waals surface area contributed by atoms with E-state index in [9.17, 15) is 5.11 Å². The smallest absolute Gasteiger partial charge is 0.122 e. The quantitative estimate of drug-likeness (QED) is 0.764. The number of benzene rings is 1. The molecular weight excluding hydrogens is 210 g/mol. The van der Waals surface area contributed by atoms with Crippen LogP contribution in [0.1, 0.15) is 43.2 Å². The van der Waals surface area contributed by atoms with Crippen LogP contribution in [0.3, 0.4) is 0 Å². The summed E-state index contributed by atoms with van der Waals surface area (Å²) in [6.45, 7) is 3.79. The Labute approximate surface area is 104 Å². The molecule has 0 saturated heterocycles. The van der Waals surface area contributed by atoms with Crippen molar-refractivity contribution in [3.63, 3.8) is 0 Å². The highest BCUT2D eigenvalue weighted by Crippen LogP contribution is 2.27. The molecule has 1 aromatic rings. The topological polar surface area (TPSA) is 32.3 Å². The van der Waals surface area contributed by atoms with E-state index in [1.165, 1.54) is 32.1 Å². The Hall–Kier alpha value is -1.02. The van der Waals surface area contributed by atoms with Gasteiger partial charge in [0.15, 0.2) is 0 Å². The summed E-state index contributed by atoms with van der Waals surface area (Å²) in [6, 6.07) is 5.94. The van der Waals surface area contributed by atoms with Gasteiger partial charge in [-0.1, -0.05) is 43.9 Å². The lowest BCUT2D eigenvalue weighted by Gasteiger charge is -2.11. The molecule has 0 spiro atoms. The largest absolute Gasteiger partial charge is 0.507 e. The first-order valence-corrected chi connectivity index (χ1v) is 6.75. The Balaban J connectivity index is 1.72. The minimum absolute atomic E-state index is 0.445. The fourth-order valence-electron chi connectivity index (χ4n) is 2.69. The maximum Gasteiger partial charge on any atom is 0.122 e. The van der Waals surface area contributed by atoms with Gasteiger partial charge in [-0.05, 0) is 31.4 Å². The van der Waals surface area contributed by atoms with Crippen molar-refractivity contribution >= 4 is 0 Å². The molecule has 2 rings (SSSR count). The first-order valence-electron chi connectivity index (χ1n) is 6.75. The molecule has 1 aliphatic rings. The Kier molecular flexibility index (Phi) is 4.43. The summed E-state index contributed by atoms with van der Waals surface area (Å²) >= 11 is 0. The zero-order chi connectivity index (χ0) is 12.1. The van der Waals surface area contributed by atoms with Gasteiger partial charge in [-0.2, -0.15) is 0 Å². The van der Waals surface area contributed by atoms with Gasteiger partial charge in [-0.3, -0.25) is 0 Å². The van der Waals surface area contributed by atoms with Gasteiger partial charge in [-0.15, -0.1) is 0 Å². The second-order valence-corrected chi connectivity index (χ2v) is 5.20. The van der Waals surface area contributed by atoms with E-state index < -0.39 is 0 Å². The van der Waals surface area contributed by atoms with Gasteiger partial charge >= 0.3 is 0 Å². The minimum atomic E-state index is 0.445. The Morgan fingerprint density at radius 3 is 2.82 bits per heavy atom. The number of para-hydroxylation sites is 1. The third-order valence-electron chi connectivity index (χ3n) is 3.84. The van der Waals surface area contributed by atoms with Crippen LogP contribution in [0.15, 0.2) is 18.2 Å². The van der Waals surface area contributed by atoms with Crippen molar-refractivity contribution in [2.24, 2.45) is 5.92 Å². The Morgan fingerprint density at radius 2 is 2.06 bits per heavy atom. The zero-order valence-electron chi connectivity index (χ0n) is 10.7. The lowest BCUT2D eigenvalue weighted by atomic mass is 10.0.